The maximum absolute atomic E-state index is 9.05. The highest BCUT2D eigenvalue weighted by Gasteiger charge is 2.55. The second-order valence-corrected chi connectivity index (χ2v) is 3.54. The van der Waals surface area contributed by atoms with Gasteiger partial charge in [0.1, 0.15) is 0 Å². The minimum absolute atomic E-state index is 0.198. The largest absolute Gasteiger partial charge is 0.396 e. The van der Waals surface area contributed by atoms with Crippen molar-refractivity contribution in [3.05, 3.63) is 35.9 Å². The van der Waals surface area contributed by atoms with Gasteiger partial charge in [-0.1, -0.05) is 30.3 Å². The Balaban J connectivity index is 2.25. The summed E-state index contributed by atoms with van der Waals surface area (Å²) in [6.45, 7) is 0.211. The standard InChI is InChI=1S/C11H14O2/c1-13-11(7-10(11)8-12)9-5-3-2-4-6-9/h2-6,10,12H,7-8H2,1H3/t10-,11+/m1/s1. The van der Waals surface area contributed by atoms with Crippen LogP contribution in [0.25, 0.3) is 0 Å². The van der Waals surface area contributed by atoms with Crippen LogP contribution in [0.2, 0.25) is 0 Å². The second-order valence-electron chi connectivity index (χ2n) is 3.54. The fraction of sp³-hybridized carbons (Fsp3) is 0.455. The molecule has 1 aliphatic carbocycles. The van der Waals surface area contributed by atoms with E-state index < -0.39 is 0 Å². The van der Waals surface area contributed by atoms with E-state index in [4.69, 9.17) is 9.84 Å². The number of hydrogen-bond donors (Lipinski definition) is 1. The van der Waals surface area contributed by atoms with Crippen molar-refractivity contribution in [2.45, 2.75) is 12.0 Å². The quantitative estimate of drug-likeness (QED) is 0.760. The van der Waals surface area contributed by atoms with E-state index in [1.165, 1.54) is 5.56 Å². The molecule has 0 spiro atoms. The number of hydrogen-bond acceptors (Lipinski definition) is 2. The van der Waals surface area contributed by atoms with Crippen LogP contribution in [-0.2, 0) is 10.3 Å². The molecule has 0 bridgehead atoms. The molecule has 1 aromatic carbocycles. The fourth-order valence-electron chi connectivity index (χ4n) is 1.96. The summed E-state index contributed by atoms with van der Waals surface area (Å²) < 4.78 is 5.48. The van der Waals surface area contributed by atoms with Crippen LogP contribution in [0.4, 0.5) is 0 Å². The summed E-state index contributed by atoms with van der Waals surface area (Å²) in [6.07, 6.45) is 0.935. The van der Waals surface area contributed by atoms with Crippen molar-refractivity contribution in [3.8, 4) is 0 Å². The Morgan fingerprint density at radius 2 is 2.15 bits per heavy atom. The third kappa shape index (κ3) is 1.26. The van der Waals surface area contributed by atoms with Gasteiger partial charge in [0.2, 0.25) is 0 Å². The van der Waals surface area contributed by atoms with Gasteiger partial charge in [0.05, 0.1) is 5.60 Å². The van der Waals surface area contributed by atoms with Crippen LogP contribution in [0.5, 0.6) is 0 Å². The first-order valence-electron chi connectivity index (χ1n) is 4.55. The van der Waals surface area contributed by atoms with E-state index in [1.54, 1.807) is 7.11 Å². The monoisotopic (exact) mass is 178 g/mol. The maximum Gasteiger partial charge on any atom is 0.0983 e. The van der Waals surface area contributed by atoms with Gasteiger partial charge in [0, 0.05) is 19.6 Å². The van der Waals surface area contributed by atoms with Crippen LogP contribution in [-0.4, -0.2) is 18.8 Å². The Morgan fingerprint density at radius 1 is 1.46 bits per heavy atom. The smallest absolute Gasteiger partial charge is 0.0983 e. The number of methoxy groups -OCH3 is 1. The van der Waals surface area contributed by atoms with Crippen molar-refractivity contribution in [3.63, 3.8) is 0 Å². The van der Waals surface area contributed by atoms with Crippen molar-refractivity contribution >= 4 is 0 Å². The van der Waals surface area contributed by atoms with Gasteiger partial charge < -0.3 is 9.84 Å². The molecule has 1 saturated carbocycles. The lowest BCUT2D eigenvalue weighted by Crippen LogP contribution is -2.14. The third-order valence-corrected chi connectivity index (χ3v) is 2.90. The van der Waals surface area contributed by atoms with Crippen LogP contribution >= 0.6 is 0 Å². The summed E-state index contributed by atoms with van der Waals surface area (Å²) in [4.78, 5) is 0. The lowest BCUT2D eigenvalue weighted by Gasteiger charge is -2.15. The highest BCUT2D eigenvalue weighted by Crippen LogP contribution is 2.54. The fourth-order valence-corrected chi connectivity index (χ4v) is 1.96. The summed E-state index contributed by atoms with van der Waals surface area (Å²) >= 11 is 0. The first-order valence-corrected chi connectivity index (χ1v) is 4.55. The highest BCUT2D eigenvalue weighted by atomic mass is 16.5. The Labute approximate surface area is 78.2 Å². The molecule has 0 saturated heterocycles. The molecular formula is C11H14O2. The van der Waals surface area contributed by atoms with Gasteiger partial charge >= 0.3 is 0 Å². The van der Waals surface area contributed by atoms with E-state index in [0.29, 0.717) is 0 Å². The molecule has 0 unspecified atom stereocenters. The zero-order chi connectivity index (χ0) is 9.31. The van der Waals surface area contributed by atoms with Gasteiger partial charge in [-0.05, 0) is 12.0 Å². The van der Waals surface area contributed by atoms with Crippen molar-refractivity contribution in [1.29, 1.82) is 0 Å². The van der Waals surface area contributed by atoms with Crippen LogP contribution in [0.3, 0.4) is 0 Å². The number of benzene rings is 1. The average Bonchev–Trinajstić information content (AvgIpc) is 2.94. The molecular weight excluding hydrogens is 164 g/mol. The lowest BCUT2D eigenvalue weighted by molar-refractivity contribution is 0.0525. The zero-order valence-electron chi connectivity index (χ0n) is 7.73. The summed E-state index contributed by atoms with van der Waals surface area (Å²) in [6, 6.07) is 10.1. The van der Waals surface area contributed by atoms with E-state index in [1.807, 2.05) is 18.2 Å². The van der Waals surface area contributed by atoms with Crippen LogP contribution in [0.15, 0.2) is 30.3 Å². The van der Waals surface area contributed by atoms with Gasteiger partial charge in [0.25, 0.3) is 0 Å². The summed E-state index contributed by atoms with van der Waals surface area (Å²) in [5.74, 6) is 0.278. The first kappa shape index (κ1) is 8.73. The summed E-state index contributed by atoms with van der Waals surface area (Å²) in [5.41, 5.74) is 0.979. The van der Waals surface area contributed by atoms with E-state index in [2.05, 4.69) is 12.1 Å². The predicted molar refractivity (Wildman–Crippen MR) is 50.3 cm³/mol. The maximum atomic E-state index is 9.05. The highest BCUT2D eigenvalue weighted by molar-refractivity contribution is 5.30. The molecule has 0 aromatic heterocycles. The second kappa shape index (κ2) is 3.13. The summed E-state index contributed by atoms with van der Waals surface area (Å²) in [5, 5.41) is 9.05. The molecule has 1 N–H and O–H groups in total. The molecule has 2 nitrogen and oxygen atoms in total. The van der Waals surface area contributed by atoms with Gasteiger partial charge in [0.15, 0.2) is 0 Å². The molecule has 2 heteroatoms. The topological polar surface area (TPSA) is 29.5 Å². The van der Waals surface area contributed by atoms with E-state index in [-0.39, 0.29) is 18.1 Å². The normalized spacial score (nSPS) is 31.7. The first-order chi connectivity index (χ1) is 6.33. The minimum Gasteiger partial charge on any atom is -0.396 e. The molecule has 0 heterocycles. The Kier molecular flexibility index (Phi) is 2.10. The zero-order valence-corrected chi connectivity index (χ0v) is 7.73. The van der Waals surface area contributed by atoms with Gasteiger partial charge in [-0.25, -0.2) is 0 Å². The molecule has 2 rings (SSSR count). The van der Waals surface area contributed by atoms with Crippen molar-refractivity contribution in [2.24, 2.45) is 5.92 Å². The Morgan fingerprint density at radius 3 is 2.62 bits per heavy atom. The molecule has 1 fully saturated rings. The van der Waals surface area contributed by atoms with Crippen molar-refractivity contribution in [2.75, 3.05) is 13.7 Å². The van der Waals surface area contributed by atoms with Crippen LogP contribution in [0.1, 0.15) is 12.0 Å². The molecule has 70 valence electrons. The van der Waals surface area contributed by atoms with E-state index in [9.17, 15) is 0 Å². The van der Waals surface area contributed by atoms with Crippen molar-refractivity contribution in [1.82, 2.24) is 0 Å². The van der Waals surface area contributed by atoms with Gasteiger partial charge in [-0.2, -0.15) is 0 Å². The SMILES string of the molecule is CO[C@]1(c2ccccc2)C[C@@H]1CO. The van der Waals surface area contributed by atoms with Crippen LogP contribution < -0.4 is 0 Å². The van der Waals surface area contributed by atoms with E-state index in [0.717, 1.165) is 6.42 Å². The predicted octanol–water partition coefficient (Wildman–Crippen LogP) is 1.54. The van der Waals surface area contributed by atoms with E-state index >= 15 is 0 Å². The number of aliphatic hydroxyl groups is 1. The average molecular weight is 178 g/mol. The molecule has 1 aliphatic rings. The number of aliphatic hydroxyl groups excluding tert-OH is 1. The Hall–Kier alpha value is -0.860. The molecule has 13 heavy (non-hydrogen) atoms. The van der Waals surface area contributed by atoms with Crippen LogP contribution in [0, 0.1) is 5.92 Å². The molecule has 2 atom stereocenters. The number of ether oxygens (including phenoxy) is 1. The molecule has 0 radical (unpaired) electrons. The van der Waals surface area contributed by atoms with Gasteiger partial charge in [-0.15, -0.1) is 0 Å². The number of rotatable bonds is 3. The third-order valence-electron chi connectivity index (χ3n) is 2.90. The molecule has 0 aliphatic heterocycles. The summed E-state index contributed by atoms with van der Waals surface area (Å²) in [7, 11) is 1.71. The van der Waals surface area contributed by atoms with Crippen molar-refractivity contribution < 1.29 is 9.84 Å². The lowest BCUT2D eigenvalue weighted by atomic mass is 10.1. The molecule has 1 aromatic rings. The Bertz CT molecular complexity index is 283. The van der Waals surface area contributed by atoms with Gasteiger partial charge in [-0.3, -0.25) is 0 Å². The molecule has 0 amide bonds. The minimum atomic E-state index is -0.198.